The van der Waals surface area contributed by atoms with Crippen LogP contribution < -0.4 is 5.73 Å². The highest BCUT2D eigenvalue weighted by Crippen LogP contribution is 2.27. The van der Waals surface area contributed by atoms with Crippen LogP contribution in [0.2, 0.25) is 0 Å². The predicted octanol–water partition coefficient (Wildman–Crippen LogP) is 2.89. The third-order valence-corrected chi connectivity index (χ3v) is 3.55. The van der Waals surface area contributed by atoms with Crippen LogP contribution >= 0.6 is 0 Å². The molecule has 0 radical (unpaired) electrons. The molecule has 1 unspecified atom stereocenters. The minimum absolute atomic E-state index is 0.325. The van der Waals surface area contributed by atoms with Crippen molar-refractivity contribution in [2.75, 3.05) is 13.1 Å². The molecule has 0 amide bonds. The summed E-state index contributed by atoms with van der Waals surface area (Å²) < 4.78 is 0. The van der Waals surface area contributed by atoms with E-state index in [1.165, 1.54) is 11.1 Å². The summed E-state index contributed by atoms with van der Waals surface area (Å²) in [6.45, 7) is 8.37. The van der Waals surface area contributed by atoms with Gasteiger partial charge in [0.25, 0.3) is 0 Å². The van der Waals surface area contributed by atoms with Crippen molar-refractivity contribution in [1.29, 1.82) is 0 Å². The second kappa shape index (κ2) is 5.42. The molecule has 2 N–H and O–H groups in total. The van der Waals surface area contributed by atoms with Gasteiger partial charge < -0.3 is 10.6 Å². The van der Waals surface area contributed by atoms with Crippen molar-refractivity contribution in [1.82, 2.24) is 4.90 Å². The van der Waals surface area contributed by atoms with Gasteiger partial charge in [-0.25, -0.2) is 0 Å². The molecule has 1 atom stereocenters. The molecule has 1 aromatic carbocycles. The van der Waals surface area contributed by atoms with Crippen molar-refractivity contribution in [3.63, 3.8) is 0 Å². The molecule has 1 aliphatic heterocycles. The second-order valence-corrected chi connectivity index (χ2v) is 5.23. The van der Waals surface area contributed by atoms with Crippen molar-refractivity contribution in [3.05, 3.63) is 35.4 Å². The third kappa shape index (κ3) is 2.50. The molecule has 0 aliphatic carbocycles. The fraction of sp³-hybridized carbons (Fsp3) is 0.533. The Hall–Kier alpha value is -1.51. The summed E-state index contributed by atoms with van der Waals surface area (Å²) in [4.78, 5) is 6.58. The van der Waals surface area contributed by atoms with E-state index < -0.39 is 0 Å². The highest BCUT2D eigenvalue weighted by atomic mass is 15.3. The lowest BCUT2D eigenvalue weighted by Gasteiger charge is -2.26. The number of rotatable bonds is 4. The first-order chi connectivity index (χ1) is 8.63. The maximum Gasteiger partial charge on any atom is 0.191 e. The molecule has 0 saturated carbocycles. The first-order valence-electron chi connectivity index (χ1n) is 6.80. The number of hydrogen-bond acceptors (Lipinski definition) is 3. The molecule has 0 spiro atoms. The molecule has 1 aliphatic rings. The smallest absolute Gasteiger partial charge is 0.191 e. The topological polar surface area (TPSA) is 41.6 Å². The van der Waals surface area contributed by atoms with Crippen LogP contribution in [0.4, 0.5) is 0 Å². The van der Waals surface area contributed by atoms with Gasteiger partial charge in [0, 0.05) is 6.54 Å². The quantitative estimate of drug-likeness (QED) is 0.886. The van der Waals surface area contributed by atoms with Gasteiger partial charge in [0.2, 0.25) is 0 Å². The van der Waals surface area contributed by atoms with Crippen molar-refractivity contribution in [2.24, 2.45) is 10.7 Å². The Bertz CT molecular complexity index is 420. The molecule has 0 saturated heterocycles. The zero-order valence-electron chi connectivity index (χ0n) is 11.6. The predicted molar refractivity (Wildman–Crippen MR) is 76.8 cm³/mol. The largest absolute Gasteiger partial charge is 0.370 e. The summed E-state index contributed by atoms with van der Waals surface area (Å²) in [6.07, 6.45) is 1.09. The van der Waals surface area contributed by atoms with Crippen LogP contribution in [0, 0.1) is 0 Å². The molecule has 0 bridgehead atoms. The normalized spacial score (nSPS) is 19.4. The first kappa shape index (κ1) is 12.9. The lowest BCUT2D eigenvalue weighted by atomic mass is 9.99. The zero-order valence-corrected chi connectivity index (χ0v) is 11.6. The van der Waals surface area contributed by atoms with Crippen molar-refractivity contribution < 1.29 is 0 Å². The fourth-order valence-corrected chi connectivity index (χ4v) is 2.43. The highest BCUT2D eigenvalue weighted by molar-refractivity contribution is 5.80. The Kier molecular flexibility index (Phi) is 3.90. The average Bonchev–Trinajstić information content (AvgIpc) is 2.72. The van der Waals surface area contributed by atoms with Gasteiger partial charge in [-0.05, 0) is 23.5 Å². The lowest BCUT2D eigenvalue weighted by molar-refractivity contribution is 0.347. The molecule has 3 heteroatoms. The van der Waals surface area contributed by atoms with E-state index in [2.05, 4.69) is 54.9 Å². The van der Waals surface area contributed by atoms with E-state index in [4.69, 9.17) is 5.73 Å². The summed E-state index contributed by atoms with van der Waals surface area (Å²) in [5, 5.41) is 0. The van der Waals surface area contributed by atoms with Gasteiger partial charge in [-0.15, -0.1) is 0 Å². The van der Waals surface area contributed by atoms with Gasteiger partial charge in [-0.1, -0.05) is 45.0 Å². The highest BCUT2D eigenvalue weighted by Gasteiger charge is 2.26. The van der Waals surface area contributed by atoms with Crippen molar-refractivity contribution in [3.8, 4) is 0 Å². The summed E-state index contributed by atoms with van der Waals surface area (Å²) >= 11 is 0. The molecular formula is C15H23N3. The second-order valence-electron chi connectivity index (χ2n) is 5.23. The first-order valence-corrected chi connectivity index (χ1v) is 6.80. The fourth-order valence-electron chi connectivity index (χ4n) is 2.43. The molecule has 98 valence electrons. The van der Waals surface area contributed by atoms with Crippen LogP contribution in [0.5, 0.6) is 0 Å². The Morgan fingerprint density at radius 2 is 2.00 bits per heavy atom. The molecule has 3 nitrogen and oxygen atoms in total. The van der Waals surface area contributed by atoms with Crippen LogP contribution in [0.3, 0.4) is 0 Å². The van der Waals surface area contributed by atoms with Crippen molar-refractivity contribution in [2.45, 2.75) is 39.2 Å². The SMILES string of the molecule is CCCN1C(N)=NCC1c1ccc(C(C)C)cc1. The van der Waals surface area contributed by atoms with Gasteiger partial charge in [-0.2, -0.15) is 0 Å². The Balaban J connectivity index is 2.16. The molecule has 0 aromatic heterocycles. The van der Waals surface area contributed by atoms with Crippen LogP contribution in [0.15, 0.2) is 29.3 Å². The summed E-state index contributed by atoms with van der Waals surface area (Å²) in [5.41, 5.74) is 8.65. The maximum absolute atomic E-state index is 5.95. The minimum atomic E-state index is 0.325. The Morgan fingerprint density at radius 1 is 1.33 bits per heavy atom. The van der Waals surface area contributed by atoms with E-state index in [1.807, 2.05) is 0 Å². The van der Waals surface area contributed by atoms with Crippen LogP contribution in [-0.4, -0.2) is 23.9 Å². The number of benzene rings is 1. The van der Waals surface area contributed by atoms with Gasteiger partial charge in [-0.3, -0.25) is 4.99 Å². The summed E-state index contributed by atoms with van der Waals surface area (Å²) in [5.74, 6) is 1.27. The minimum Gasteiger partial charge on any atom is -0.370 e. The lowest BCUT2D eigenvalue weighted by Crippen LogP contribution is -2.36. The van der Waals surface area contributed by atoms with E-state index in [0.717, 1.165) is 19.5 Å². The molecule has 1 heterocycles. The average molecular weight is 245 g/mol. The molecule has 2 rings (SSSR count). The number of nitrogens with two attached hydrogens (primary N) is 1. The zero-order chi connectivity index (χ0) is 13.1. The summed E-state index contributed by atoms with van der Waals surface area (Å²) in [6, 6.07) is 9.20. The number of nitrogens with zero attached hydrogens (tertiary/aromatic N) is 2. The number of aliphatic imine (C=N–C) groups is 1. The summed E-state index contributed by atoms with van der Waals surface area (Å²) in [7, 11) is 0. The van der Waals surface area contributed by atoms with Gasteiger partial charge in [0.1, 0.15) is 0 Å². The monoisotopic (exact) mass is 245 g/mol. The number of hydrogen-bond donors (Lipinski definition) is 1. The van der Waals surface area contributed by atoms with Crippen molar-refractivity contribution >= 4 is 5.96 Å². The Morgan fingerprint density at radius 3 is 2.56 bits per heavy atom. The van der Waals surface area contributed by atoms with E-state index in [1.54, 1.807) is 0 Å². The third-order valence-electron chi connectivity index (χ3n) is 3.55. The van der Waals surface area contributed by atoms with Crippen LogP contribution in [-0.2, 0) is 0 Å². The standard InChI is InChI=1S/C15H23N3/c1-4-9-18-14(10-17-15(18)16)13-7-5-12(6-8-13)11(2)3/h5-8,11,14H,4,9-10H2,1-3H3,(H2,16,17). The number of guanidine groups is 1. The molecule has 1 aromatic rings. The van der Waals surface area contributed by atoms with E-state index in [-0.39, 0.29) is 0 Å². The van der Waals surface area contributed by atoms with E-state index >= 15 is 0 Å². The molecule has 18 heavy (non-hydrogen) atoms. The van der Waals surface area contributed by atoms with Gasteiger partial charge in [0.15, 0.2) is 5.96 Å². The van der Waals surface area contributed by atoms with Gasteiger partial charge >= 0.3 is 0 Å². The van der Waals surface area contributed by atoms with Crippen LogP contribution in [0.25, 0.3) is 0 Å². The van der Waals surface area contributed by atoms with Gasteiger partial charge in [0.05, 0.1) is 12.6 Å². The molecular weight excluding hydrogens is 222 g/mol. The maximum atomic E-state index is 5.95. The molecule has 0 fully saturated rings. The van der Waals surface area contributed by atoms with Crippen LogP contribution in [0.1, 0.15) is 50.3 Å². The Labute approximate surface area is 110 Å². The van der Waals surface area contributed by atoms with E-state index in [9.17, 15) is 0 Å². The van der Waals surface area contributed by atoms with E-state index in [0.29, 0.717) is 17.9 Å².